The first kappa shape index (κ1) is 20.0. The normalized spacial score (nSPS) is 17.7. The lowest BCUT2D eigenvalue weighted by Crippen LogP contribution is -2.38. The van der Waals surface area contributed by atoms with E-state index in [1.807, 2.05) is 18.2 Å². The Labute approximate surface area is 156 Å². The Kier molecular flexibility index (Phi) is 9.70. The van der Waals surface area contributed by atoms with E-state index in [0.717, 1.165) is 69.5 Å². The van der Waals surface area contributed by atoms with Gasteiger partial charge in [-0.2, -0.15) is 0 Å². The Morgan fingerprint density at radius 2 is 2.32 bits per heavy atom. The minimum Gasteiger partial charge on any atom is -0.379 e. The van der Waals surface area contributed by atoms with Crippen LogP contribution in [0.25, 0.3) is 0 Å². The van der Waals surface area contributed by atoms with Crippen LogP contribution in [-0.4, -0.2) is 51.5 Å². The van der Waals surface area contributed by atoms with Crippen LogP contribution >= 0.6 is 11.6 Å². The molecule has 140 valence electrons. The number of guanidine groups is 1. The van der Waals surface area contributed by atoms with Gasteiger partial charge in [0.25, 0.3) is 0 Å². The van der Waals surface area contributed by atoms with E-state index in [1.165, 1.54) is 5.56 Å². The van der Waals surface area contributed by atoms with Gasteiger partial charge in [-0.05, 0) is 50.3 Å². The van der Waals surface area contributed by atoms with Crippen molar-refractivity contribution in [2.24, 2.45) is 4.99 Å². The van der Waals surface area contributed by atoms with Crippen LogP contribution in [0.5, 0.6) is 0 Å². The van der Waals surface area contributed by atoms with Gasteiger partial charge in [-0.25, -0.2) is 0 Å². The SMILES string of the molecule is CCNC(=NCCCOCC1CCCO1)NCCc1cccc(Cl)c1. The highest BCUT2D eigenvalue weighted by atomic mass is 35.5. The molecule has 1 atom stereocenters. The molecule has 0 aliphatic carbocycles. The summed E-state index contributed by atoms with van der Waals surface area (Å²) < 4.78 is 11.2. The maximum absolute atomic E-state index is 6.01. The summed E-state index contributed by atoms with van der Waals surface area (Å²) in [4.78, 5) is 4.59. The summed E-state index contributed by atoms with van der Waals surface area (Å²) in [5.74, 6) is 0.851. The van der Waals surface area contributed by atoms with E-state index in [2.05, 4.69) is 28.6 Å². The summed E-state index contributed by atoms with van der Waals surface area (Å²) in [5.41, 5.74) is 1.22. The highest BCUT2D eigenvalue weighted by molar-refractivity contribution is 6.30. The summed E-state index contributed by atoms with van der Waals surface area (Å²) in [7, 11) is 0. The molecular weight excluding hydrogens is 338 g/mol. The largest absolute Gasteiger partial charge is 0.379 e. The highest BCUT2D eigenvalue weighted by Gasteiger charge is 2.14. The van der Waals surface area contributed by atoms with Gasteiger partial charge in [0.2, 0.25) is 0 Å². The fourth-order valence-electron chi connectivity index (χ4n) is 2.71. The lowest BCUT2D eigenvalue weighted by atomic mass is 10.1. The summed E-state index contributed by atoms with van der Waals surface area (Å²) >= 11 is 6.01. The van der Waals surface area contributed by atoms with E-state index in [-0.39, 0.29) is 0 Å². The molecule has 1 aromatic rings. The Morgan fingerprint density at radius 3 is 3.08 bits per heavy atom. The molecule has 6 heteroatoms. The third-order valence-corrected chi connectivity index (χ3v) is 4.22. The van der Waals surface area contributed by atoms with Gasteiger partial charge < -0.3 is 20.1 Å². The first-order valence-corrected chi connectivity index (χ1v) is 9.61. The lowest BCUT2D eigenvalue weighted by Gasteiger charge is -2.12. The van der Waals surface area contributed by atoms with Gasteiger partial charge >= 0.3 is 0 Å². The quantitative estimate of drug-likeness (QED) is 0.379. The first-order chi connectivity index (χ1) is 12.3. The van der Waals surface area contributed by atoms with E-state index in [4.69, 9.17) is 21.1 Å². The van der Waals surface area contributed by atoms with Crippen LogP contribution in [0.2, 0.25) is 5.02 Å². The van der Waals surface area contributed by atoms with Gasteiger partial charge in [0.15, 0.2) is 5.96 Å². The molecule has 1 heterocycles. The second kappa shape index (κ2) is 12.1. The number of aliphatic imine (C=N–C) groups is 1. The molecule has 1 aromatic carbocycles. The van der Waals surface area contributed by atoms with Crippen LogP contribution < -0.4 is 10.6 Å². The molecule has 0 bridgehead atoms. The minimum absolute atomic E-state index is 0.300. The average Bonchev–Trinajstić information content (AvgIpc) is 3.11. The minimum atomic E-state index is 0.300. The van der Waals surface area contributed by atoms with Crippen molar-refractivity contribution in [2.75, 3.05) is 39.5 Å². The van der Waals surface area contributed by atoms with Crippen molar-refractivity contribution in [3.05, 3.63) is 34.9 Å². The van der Waals surface area contributed by atoms with Crippen molar-refractivity contribution in [1.29, 1.82) is 0 Å². The second-order valence-corrected chi connectivity index (χ2v) is 6.57. The third kappa shape index (κ3) is 8.56. The Balaban J connectivity index is 1.60. The Morgan fingerprint density at radius 1 is 1.40 bits per heavy atom. The number of rotatable bonds is 10. The maximum atomic E-state index is 6.01. The number of halogens is 1. The predicted octanol–water partition coefficient (Wildman–Crippen LogP) is 3.02. The number of hydrogen-bond donors (Lipinski definition) is 2. The molecular formula is C19H30ClN3O2. The molecule has 2 rings (SSSR count). The standard InChI is InChI=1S/C19H30ClN3O2/c1-2-21-19(23-11-9-16-6-3-7-17(20)14-16)22-10-5-12-24-15-18-8-4-13-25-18/h3,6-7,14,18H,2,4-5,8-13,15H2,1H3,(H2,21,22,23). The molecule has 25 heavy (non-hydrogen) atoms. The van der Waals surface area contributed by atoms with E-state index in [0.29, 0.717) is 12.7 Å². The number of nitrogens with one attached hydrogen (secondary N) is 2. The number of ether oxygens (including phenoxy) is 2. The van der Waals surface area contributed by atoms with Crippen molar-refractivity contribution in [2.45, 2.75) is 38.7 Å². The third-order valence-electron chi connectivity index (χ3n) is 3.98. The smallest absolute Gasteiger partial charge is 0.191 e. The van der Waals surface area contributed by atoms with Crippen LogP contribution in [0, 0.1) is 0 Å². The van der Waals surface area contributed by atoms with Gasteiger partial charge in [0, 0.05) is 37.9 Å². The summed E-state index contributed by atoms with van der Waals surface area (Å²) in [6.07, 6.45) is 4.41. The molecule has 0 spiro atoms. The average molecular weight is 368 g/mol. The van der Waals surface area contributed by atoms with Crippen molar-refractivity contribution < 1.29 is 9.47 Å². The molecule has 5 nitrogen and oxygen atoms in total. The van der Waals surface area contributed by atoms with E-state index >= 15 is 0 Å². The number of nitrogens with zero attached hydrogens (tertiary/aromatic N) is 1. The number of hydrogen-bond acceptors (Lipinski definition) is 3. The zero-order valence-electron chi connectivity index (χ0n) is 15.1. The molecule has 1 aliphatic heterocycles. The molecule has 1 fully saturated rings. The summed E-state index contributed by atoms with van der Waals surface area (Å²) in [6, 6.07) is 7.96. The van der Waals surface area contributed by atoms with Crippen LogP contribution in [0.15, 0.2) is 29.3 Å². The fraction of sp³-hybridized carbons (Fsp3) is 0.632. The van der Waals surface area contributed by atoms with Crippen molar-refractivity contribution >= 4 is 17.6 Å². The summed E-state index contributed by atoms with van der Waals surface area (Å²) in [6.45, 7) is 6.80. The van der Waals surface area contributed by atoms with E-state index < -0.39 is 0 Å². The molecule has 1 unspecified atom stereocenters. The van der Waals surface area contributed by atoms with Crippen LogP contribution in [0.3, 0.4) is 0 Å². The van der Waals surface area contributed by atoms with Gasteiger partial charge in [-0.3, -0.25) is 4.99 Å². The molecule has 2 N–H and O–H groups in total. The van der Waals surface area contributed by atoms with Crippen molar-refractivity contribution in [3.8, 4) is 0 Å². The predicted molar refractivity (Wildman–Crippen MR) is 104 cm³/mol. The maximum Gasteiger partial charge on any atom is 0.191 e. The zero-order chi connectivity index (χ0) is 17.7. The van der Waals surface area contributed by atoms with E-state index in [1.54, 1.807) is 0 Å². The van der Waals surface area contributed by atoms with Gasteiger partial charge in [-0.1, -0.05) is 23.7 Å². The second-order valence-electron chi connectivity index (χ2n) is 6.13. The molecule has 0 amide bonds. The molecule has 0 aromatic heterocycles. The van der Waals surface area contributed by atoms with Crippen LogP contribution in [-0.2, 0) is 15.9 Å². The first-order valence-electron chi connectivity index (χ1n) is 9.24. The van der Waals surface area contributed by atoms with Gasteiger partial charge in [0.1, 0.15) is 0 Å². The van der Waals surface area contributed by atoms with Gasteiger partial charge in [-0.15, -0.1) is 0 Å². The van der Waals surface area contributed by atoms with Gasteiger partial charge in [0.05, 0.1) is 12.7 Å². The Hall–Kier alpha value is -1.30. The number of benzene rings is 1. The fourth-order valence-corrected chi connectivity index (χ4v) is 2.92. The van der Waals surface area contributed by atoms with Crippen LogP contribution in [0.1, 0.15) is 31.7 Å². The zero-order valence-corrected chi connectivity index (χ0v) is 15.9. The molecule has 0 radical (unpaired) electrons. The van der Waals surface area contributed by atoms with Crippen molar-refractivity contribution in [1.82, 2.24) is 10.6 Å². The summed E-state index contributed by atoms with van der Waals surface area (Å²) in [5, 5.41) is 7.41. The highest BCUT2D eigenvalue weighted by Crippen LogP contribution is 2.12. The lowest BCUT2D eigenvalue weighted by molar-refractivity contribution is 0.0171. The van der Waals surface area contributed by atoms with Crippen LogP contribution in [0.4, 0.5) is 0 Å². The van der Waals surface area contributed by atoms with E-state index in [9.17, 15) is 0 Å². The molecule has 1 aliphatic rings. The van der Waals surface area contributed by atoms with Crippen molar-refractivity contribution in [3.63, 3.8) is 0 Å². The molecule has 1 saturated heterocycles. The monoisotopic (exact) mass is 367 g/mol. The molecule has 0 saturated carbocycles. The topological polar surface area (TPSA) is 54.9 Å². The Bertz CT molecular complexity index is 519.